The summed E-state index contributed by atoms with van der Waals surface area (Å²) in [4.78, 5) is 38.6. The van der Waals surface area contributed by atoms with E-state index in [-0.39, 0.29) is 18.0 Å². The molecule has 10 nitrogen and oxygen atoms in total. The van der Waals surface area contributed by atoms with Gasteiger partial charge in [0.2, 0.25) is 15.9 Å². The fraction of sp³-hybridized carbons (Fsp3) is 0.348. The molecule has 0 bridgehead atoms. The Morgan fingerprint density at radius 1 is 1.12 bits per heavy atom. The number of benzene rings is 2. The van der Waals surface area contributed by atoms with Crippen LogP contribution in [0.15, 0.2) is 59.5 Å². The van der Waals surface area contributed by atoms with E-state index >= 15 is 0 Å². The summed E-state index contributed by atoms with van der Waals surface area (Å²) in [7, 11) is -2.33. The molecule has 0 radical (unpaired) electrons. The van der Waals surface area contributed by atoms with Gasteiger partial charge in [-0.05, 0) is 49.6 Å². The number of imide groups is 1. The number of nitrogens with zero attached hydrogens (tertiary/aromatic N) is 2. The third-order valence-corrected chi connectivity index (χ3v) is 8.10. The lowest BCUT2D eigenvalue weighted by Gasteiger charge is -2.32. The Labute approximate surface area is 197 Å². The number of hydrogen-bond donors (Lipinski definition) is 2. The molecule has 0 unspecified atom stereocenters. The van der Waals surface area contributed by atoms with Crippen LogP contribution in [-0.2, 0) is 25.2 Å². The summed E-state index contributed by atoms with van der Waals surface area (Å²) in [5.74, 6) is -1.39. The van der Waals surface area contributed by atoms with Crippen molar-refractivity contribution in [3.05, 3.63) is 60.2 Å². The maximum Gasteiger partial charge on any atom is 0.344 e. The van der Waals surface area contributed by atoms with Crippen molar-refractivity contribution in [1.82, 2.24) is 20.1 Å². The molecule has 0 spiro atoms. The highest BCUT2D eigenvalue weighted by Crippen LogP contribution is 2.29. The zero-order valence-corrected chi connectivity index (χ0v) is 19.7. The van der Waals surface area contributed by atoms with Gasteiger partial charge in [-0.15, -0.1) is 0 Å². The van der Waals surface area contributed by atoms with E-state index in [1.165, 1.54) is 23.5 Å². The molecule has 2 N–H and O–H groups in total. The second-order valence-electron chi connectivity index (χ2n) is 8.42. The molecule has 2 aromatic rings. The molecule has 180 valence electrons. The van der Waals surface area contributed by atoms with Gasteiger partial charge in [0.1, 0.15) is 11.3 Å². The highest BCUT2D eigenvalue weighted by molar-refractivity contribution is 7.89. The van der Waals surface area contributed by atoms with Crippen molar-refractivity contribution in [1.29, 1.82) is 0 Å². The highest BCUT2D eigenvalue weighted by atomic mass is 32.2. The summed E-state index contributed by atoms with van der Waals surface area (Å²) in [6.45, 7) is 1.78. The van der Waals surface area contributed by atoms with Crippen molar-refractivity contribution in [2.24, 2.45) is 5.92 Å². The van der Waals surface area contributed by atoms with Crippen molar-refractivity contribution < 1.29 is 27.5 Å². The number of carbonyl (C=O) groups is 3. The van der Waals surface area contributed by atoms with E-state index in [9.17, 15) is 22.8 Å². The normalized spacial score (nSPS) is 23.5. The van der Waals surface area contributed by atoms with Gasteiger partial charge in [-0.3, -0.25) is 15.0 Å². The molecule has 0 aromatic heterocycles. The second kappa shape index (κ2) is 9.07. The SMILES string of the molecule is COc1ccc(S(=O)(=O)N2CCC[C@@H](C(=O)NN3C(=O)N[C@](C)(c4ccccc4)C3=O)C2)cc1. The van der Waals surface area contributed by atoms with E-state index < -0.39 is 39.3 Å². The third kappa shape index (κ3) is 4.24. The largest absolute Gasteiger partial charge is 0.497 e. The molecular weight excluding hydrogens is 460 g/mol. The molecule has 4 rings (SSSR count). The lowest BCUT2D eigenvalue weighted by Crippen LogP contribution is -2.52. The monoisotopic (exact) mass is 486 g/mol. The number of carbonyl (C=O) groups excluding carboxylic acids is 3. The zero-order chi connectivity index (χ0) is 24.5. The summed E-state index contributed by atoms with van der Waals surface area (Å²) < 4.78 is 32.5. The lowest BCUT2D eigenvalue weighted by molar-refractivity contribution is -0.141. The van der Waals surface area contributed by atoms with E-state index in [1.54, 1.807) is 49.4 Å². The molecule has 2 fully saturated rings. The predicted octanol–water partition coefficient (Wildman–Crippen LogP) is 1.59. The van der Waals surface area contributed by atoms with Crippen molar-refractivity contribution >= 4 is 27.9 Å². The van der Waals surface area contributed by atoms with Crippen LogP contribution in [-0.4, -0.2) is 55.8 Å². The fourth-order valence-electron chi connectivity index (χ4n) is 4.18. The molecule has 0 saturated carbocycles. The lowest BCUT2D eigenvalue weighted by atomic mass is 9.92. The first-order valence-corrected chi connectivity index (χ1v) is 12.3. The Morgan fingerprint density at radius 3 is 2.44 bits per heavy atom. The van der Waals surface area contributed by atoms with Gasteiger partial charge >= 0.3 is 6.03 Å². The number of hydrazine groups is 1. The Bertz CT molecular complexity index is 1200. The summed E-state index contributed by atoms with van der Waals surface area (Å²) in [6, 6.07) is 14.0. The van der Waals surface area contributed by atoms with Gasteiger partial charge in [0.15, 0.2) is 0 Å². The molecular formula is C23H26N4O6S. The third-order valence-electron chi connectivity index (χ3n) is 6.22. The Balaban J connectivity index is 1.46. The molecule has 11 heteroatoms. The van der Waals surface area contributed by atoms with Crippen molar-refractivity contribution in [3.63, 3.8) is 0 Å². The molecule has 2 heterocycles. The van der Waals surface area contributed by atoms with Gasteiger partial charge in [-0.25, -0.2) is 13.2 Å². The summed E-state index contributed by atoms with van der Waals surface area (Å²) >= 11 is 0. The summed E-state index contributed by atoms with van der Waals surface area (Å²) in [5.41, 5.74) is 1.66. The number of sulfonamides is 1. The van der Waals surface area contributed by atoms with Gasteiger partial charge in [-0.2, -0.15) is 9.31 Å². The van der Waals surface area contributed by atoms with Crippen LogP contribution in [0.1, 0.15) is 25.3 Å². The van der Waals surface area contributed by atoms with Crippen LogP contribution in [0.25, 0.3) is 0 Å². The number of urea groups is 1. The van der Waals surface area contributed by atoms with Crippen molar-refractivity contribution in [2.45, 2.75) is 30.2 Å². The summed E-state index contributed by atoms with van der Waals surface area (Å²) in [6.07, 6.45) is 0.898. The maximum atomic E-state index is 13.1. The summed E-state index contributed by atoms with van der Waals surface area (Å²) in [5, 5.41) is 3.30. The quantitative estimate of drug-likeness (QED) is 0.598. The molecule has 2 aliphatic heterocycles. The minimum Gasteiger partial charge on any atom is -0.497 e. The zero-order valence-electron chi connectivity index (χ0n) is 18.9. The Morgan fingerprint density at radius 2 is 1.79 bits per heavy atom. The first kappa shape index (κ1) is 23.7. The van der Waals surface area contributed by atoms with E-state index in [0.717, 1.165) is 0 Å². The van der Waals surface area contributed by atoms with Crippen molar-refractivity contribution in [2.75, 3.05) is 20.2 Å². The van der Waals surface area contributed by atoms with E-state index in [2.05, 4.69) is 10.7 Å². The van der Waals surface area contributed by atoms with E-state index in [1.807, 2.05) is 0 Å². The van der Waals surface area contributed by atoms with Crippen molar-refractivity contribution in [3.8, 4) is 5.75 Å². The number of amides is 4. The van der Waals surface area contributed by atoms with Crippen LogP contribution in [0.4, 0.5) is 4.79 Å². The van der Waals surface area contributed by atoms with Gasteiger partial charge in [0.05, 0.1) is 17.9 Å². The predicted molar refractivity (Wildman–Crippen MR) is 122 cm³/mol. The molecule has 4 amide bonds. The Hall–Kier alpha value is -3.44. The molecule has 2 saturated heterocycles. The maximum absolute atomic E-state index is 13.1. The minimum atomic E-state index is -3.82. The number of rotatable bonds is 6. The van der Waals surface area contributed by atoms with Gasteiger partial charge in [-0.1, -0.05) is 30.3 Å². The smallest absolute Gasteiger partial charge is 0.344 e. The van der Waals surface area contributed by atoms with Crippen LogP contribution < -0.4 is 15.5 Å². The van der Waals surface area contributed by atoms with Crippen LogP contribution in [0.2, 0.25) is 0 Å². The van der Waals surface area contributed by atoms with Gasteiger partial charge in [0, 0.05) is 13.1 Å². The Kier molecular flexibility index (Phi) is 6.32. The first-order valence-electron chi connectivity index (χ1n) is 10.8. The standard InChI is InChI=1S/C23H26N4O6S/c1-23(17-8-4-3-5-9-17)21(29)27(22(30)24-23)25-20(28)16-7-6-14-26(15-16)34(31,32)19-12-10-18(33-2)11-13-19/h3-5,8-13,16H,6-7,14-15H2,1-2H3,(H,24,30)(H,25,28)/t16-,23-/m1/s1. The molecule has 2 aromatic carbocycles. The average molecular weight is 487 g/mol. The molecule has 2 atom stereocenters. The average Bonchev–Trinajstić information content (AvgIpc) is 3.08. The second-order valence-corrected chi connectivity index (χ2v) is 10.4. The van der Waals surface area contributed by atoms with Crippen LogP contribution in [0.5, 0.6) is 5.75 Å². The topological polar surface area (TPSA) is 125 Å². The number of methoxy groups -OCH3 is 1. The minimum absolute atomic E-state index is 0.0558. The van der Waals surface area contributed by atoms with Crippen LogP contribution in [0, 0.1) is 5.92 Å². The number of ether oxygens (including phenoxy) is 1. The number of piperidine rings is 1. The molecule has 2 aliphatic rings. The van der Waals surface area contributed by atoms with Gasteiger partial charge < -0.3 is 10.1 Å². The van der Waals surface area contributed by atoms with Gasteiger partial charge in [0.25, 0.3) is 5.91 Å². The molecule has 0 aliphatic carbocycles. The molecule has 34 heavy (non-hydrogen) atoms. The van der Waals surface area contributed by atoms with Crippen LogP contribution >= 0.6 is 0 Å². The fourth-order valence-corrected chi connectivity index (χ4v) is 5.70. The van der Waals surface area contributed by atoms with E-state index in [4.69, 9.17) is 4.74 Å². The highest BCUT2D eigenvalue weighted by Gasteiger charge is 2.50. The number of hydrogen-bond acceptors (Lipinski definition) is 6. The van der Waals surface area contributed by atoms with E-state index in [0.29, 0.717) is 29.2 Å². The van der Waals surface area contributed by atoms with Crippen LogP contribution in [0.3, 0.4) is 0 Å². The number of nitrogens with one attached hydrogen (secondary N) is 2. The first-order chi connectivity index (χ1) is 16.2.